The van der Waals surface area contributed by atoms with Crippen molar-refractivity contribution >= 4 is 14.0 Å². The minimum absolute atomic E-state index is 0.286. The van der Waals surface area contributed by atoms with E-state index in [0.717, 1.165) is 17.2 Å². The van der Waals surface area contributed by atoms with Gasteiger partial charge in [-0.1, -0.05) is 77.3 Å². The van der Waals surface area contributed by atoms with Crippen LogP contribution in [0.5, 0.6) is 0 Å². The Morgan fingerprint density at radius 3 is 2.22 bits per heavy atom. The van der Waals surface area contributed by atoms with Crippen molar-refractivity contribution in [2.45, 2.75) is 58.3 Å². The number of carbonyl (C=O) groups excluding carboxylic acids is 1. The Morgan fingerprint density at radius 1 is 1.22 bits per heavy atom. The number of benzene rings is 1. The summed E-state index contributed by atoms with van der Waals surface area (Å²) in [5.74, 6) is -0.341. The molecule has 23 heavy (non-hydrogen) atoms. The maximum atomic E-state index is 12.9. The molecule has 1 heterocycles. The molecule has 2 rings (SSSR count). The minimum atomic E-state index is -1.45. The first-order valence-electron chi connectivity index (χ1n) is 8.09. The van der Waals surface area contributed by atoms with E-state index in [1.807, 2.05) is 51.1 Å². The van der Waals surface area contributed by atoms with Crippen molar-refractivity contribution in [2.24, 2.45) is 5.41 Å². The van der Waals surface area contributed by atoms with Crippen LogP contribution in [0.25, 0.3) is 0 Å². The first kappa shape index (κ1) is 18.0. The molecule has 1 fully saturated rings. The zero-order valence-electron chi connectivity index (χ0n) is 15.1. The molecule has 1 saturated heterocycles. The number of rotatable bonds is 4. The van der Waals surface area contributed by atoms with Gasteiger partial charge in [0.2, 0.25) is 11.9 Å². The first-order chi connectivity index (χ1) is 10.5. The van der Waals surface area contributed by atoms with E-state index in [2.05, 4.69) is 26.2 Å². The van der Waals surface area contributed by atoms with E-state index in [4.69, 9.17) is 9.47 Å². The van der Waals surface area contributed by atoms with Crippen molar-refractivity contribution in [2.75, 3.05) is 0 Å². The van der Waals surface area contributed by atoms with Crippen LogP contribution < -0.4 is 0 Å². The van der Waals surface area contributed by atoms with Gasteiger partial charge >= 0.3 is 5.97 Å². The molecule has 0 aliphatic carbocycles. The van der Waals surface area contributed by atoms with Crippen molar-refractivity contribution in [3.63, 3.8) is 0 Å². The van der Waals surface area contributed by atoms with Crippen LogP contribution >= 0.6 is 0 Å². The predicted octanol–water partition coefficient (Wildman–Crippen LogP) is 4.72. The van der Waals surface area contributed by atoms with Gasteiger partial charge in [0.1, 0.15) is 0 Å². The van der Waals surface area contributed by atoms with Crippen LogP contribution in [-0.4, -0.2) is 20.3 Å². The standard InChI is InChI=1S/C19H28O3Si/c1-14(13-23(5,6)7)19(15-11-9-8-10-12-15)16(20)21-17(22-19)18(2,3)4/h8-12,17H,1,13H2,2-7H3/t17-,19+/m1/s1. The zero-order valence-corrected chi connectivity index (χ0v) is 16.1. The Bertz CT molecular complexity index is 595. The second-order valence-electron chi connectivity index (χ2n) is 8.61. The number of esters is 1. The number of carbonyl (C=O) groups is 1. The molecule has 0 N–H and O–H groups in total. The van der Waals surface area contributed by atoms with E-state index in [1.165, 1.54) is 0 Å². The molecule has 3 nitrogen and oxygen atoms in total. The molecular formula is C19H28O3Si. The molecule has 0 bridgehead atoms. The minimum Gasteiger partial charge on any atom is -0.432 e. The van der Waals surface area contributed by atoms with Gasteiger partial charge in [-0.05, 0) is 17.2 Å². The van der Waals surface area contributed by atoms with E-state index in [0.29, 0.717) is 0 Å². The van der Waals surface area contributed by atoms with Gasteiger partial charge in [-0.3, -0.25) is 0 Å². The van der Waals surface area contributed by atoms with Crippen molar-refractivity contribution in [1.29, 1.82) is 0 Å². The summed E-state index contributed by atoms with van der Waals surface area (Å²) in [5, 5.41) is 0. The lowest BCUT2D eigenvalue weighted by Crippen LogP contribution is -2.39. The average molecular weight is 333 g/mol. The molecule has 0 unspecified atom stereocenters. The molecule has 0 saturated carbocycles. The van der Waals surface area contributed by atoms with Crippen molar-refractivity contribution in [1.82, 2.24) is 0 Å². The van der Waals surface area contributed by atoms with Gasteiger partial charge < -0.3 is 9.47 Å². The topological polar surface area (TPSA) is 35.5 Å². The van der Waals surface area contributed by atoms with E-state index in [-0.39, 0.29) is 11.4 Å². The van der Waals surface area contributed by atoms with Crippen LogP contribution in [0.15, 0.2) is 42.5 Å². The highest BCUT2D eigenvalue weighted by Crippen LogP contribution is 2.46. The average Bonchev–Trinajstić information content (AvgIpc) is 2.76. The van der Waals surface area contributed by atoms with Crippen LogP contribution in [-0.2, 0) is 19.9 Å². The summed E-state index contributed by atoms with van der Waals surface area (Å²) in [6.45, 7) is 17.1. The second-order valence-corrected chi connectivity index (χ2v) is 14.1. The Morgan fingerprint density at radius 2 is 1.78 bits per heavy atom. The van der Waals surface area contributed by atoms with Gasteiger partial charge in [-0.25, -0.2) is 4.79 Å². The molecular weight excluding hydrogens is 304 g/mol. The summed E-state index contributed by atoms with van der Waals surface area (Å²) in [5.41, 5.74) is 0.144. The van der Waals surface area contributed by atoms with Crippen LogP contribution in [0.1, 0.15) is 26.3 Å². The lowest BCUT2D eigenvalue weighted by molar-refractivity contribution is -0.155. The molecule has 1 aliphatic heterocycles. The maximum Gasteiger partial charge on any atom is 0.349 e. The SMILES string of the molecule is C=C(C[Si](C)(C)C)[C@@]1(c2ccccc2)O[C@H](C(C)(C)C)OC1=O. The lowest BCUT2D eigenvalue weighted by Gasteiger charge is -2.32. The third-order valence-corrected chi connectivity index (χ3v) is 5.40. The quantitative estimate of drug-likeness (QED) is 0.454. The zero-order chi connectivity index (χ0) is 17.5. The van der Waals surface area contributed by atoms with E-state index < -0.39 is 20.0 Å². The molecule has 0 amide bonds. The molecule has 0 spiro atoms. The Balaban J connectivity index is 2.50. The van der Waals surface area contributed by atoms with E-state index in [9.17, 15) is 4.79 Å². The summed E-state index contributed by atoms with van der Waals surface area (Å²) in [7, 11) is -1.45. The highest BCUT2D eigenvalue weighted by Gasteiger charge is 2.56. The third kappa shape index (κ3) is 3.59. The lowest BCUT2D eigenvalue weighted by atomic mass is 9.87. The molecule has 4 heteroatoms. The highest BCUT2D eigenvalue weighted by molar-refractivity contribution is 6.76. The molecule has 1 aromatic rings. The van der Waals surface area contributed by atoms with Crippen LogP contribution in [0, 0.1) is 5.41 Å². The molecule has 126 valence electrons. The third-order valence-electron chi connectivity index (χ3n) is 3.91. The Hall–Kier alpha value is -1.39. The molecule has 2 atom stereocenters. The van der Waals surface area contributed by atoms with Gasteiger partial charge in [0, 0.05) is 13.5 Å². The van der Waals surface area contributed by atoms with Gasteiger partial charge in [-0.15, -0.1) is 0 Å². The molecule has 0 aromatic heterocycles. The van der Waals surface area contributed by atoms with Gasteiger partial charge in [0.15, 0.2) is 0 Å². The summed E-state index contributed by atoms with van der Waals surface area (Å²) in [6.07, 6.45) is -0.575. The Kier molecular flexibility index (Phi) is 4.61. The van der Waals surface area contributed by atoms with E-state index in [1.54, 1.807) is 0 Å². The van der Waals surface area contributed by atoms with Crippen molar-refractivity contribution < 1.29 is 14.3 Å². The summed E-state index contributed by atoms with van der Waals surface area (Å²) in [6, 6.07) is 10.4. The normalized spacial score (nSPS) is 25.3. The van der Waals surface area contributed by atoms with Crippen LogP contribution in [0.4, 0.5) is 0 Å². The number of hydrogen-bond acceptors (Lipinski definition) is 3. The Labute approximate surface area is 140 Å². The van der Waals surface area contributed by atoms with Crippen molar-refractivity contribution in [3.05, 3.63) is 48.0 Å². The second kappa shape index (κ2) is 5.91. The molecule has 1 aromatic carbocycles. The summed E-state index contributed by atoms with van der Waals surface area (Å²) >= 11 is 0. The predicted molar refractivity (Wildman–Crippen MR) is 95.8 cm³/mol. The maximum absolute atomic E-state index is 12.9. The first-order valence-corrected chi connectivity index (χ1v) is 11.8. The van der Waals surface area contributed by atoms with Crippen LogP contribution in [0.2, 0.25) is 25.7 Å². The van der Waals surface area contributed by atoms with Crippen LogP contribution in [0.3, 0.4) is 0 Å². The highest BCUT2D eigenvalue weighted by atomic mass is 28.3. The number of cyclic esters (lactones) is 1. The largest absolute Gasteiger partial charge is 0.432 e. The van der Waals surface area contributed by atoms with E-state index >= 15 is 0 Å². The number of hydrogen-bond donors (Lipinski definition) is 0. The fourth-order valence-electron chi connectivity index (χ4n) is 2.82. The summed E-state index contributed by atoms with van der Waals surface area (Å²) in [4.78, 5) is 12.9. The molecule has 0 radical (unpaired) electrons. The smallest absolute Gasteiger partial charge is 0.349 e. The fraction of sp³-hybridized carbons (Fsp3) is 0.526. The van der Waals surface area contributed by atoms with Gasteiger partial charge in [0.25, 0.3) is 0 Å². The molecule has 1 aliphatic rings. The van der Waals surface area contributed by atoms with Crippen molar-refractivity contribution in [3.8, 4) is 0 Å². The van der Waals surface area contributed by atoms with Gasteiger partial charge in [0.05, 0.1) is 0 Å². The number of ether oxygens (including phenoxy) is 2. The van der Waals surface area contributed by atoms with Gasteiger partial charge in [-0.2, -0.15) is 0 Å². The summed E-state index contributed by atoms with van der Waals surface area (Å²) < 4.78 is 11.9. The monoisotopic (exact) mass is 332 g/mol. The fourth-order valence-corrected chi connectivity index (χ4v) is 4.35.